The van der Waals surface area contributed by atoms with E-state index in [0.717, 1.165) is 22.2 Å². The first-order valence-corrected chi connectivity index (χ1v) is 9.71. The first-order chi connectivity index (χ1) is 12.8. The number of hydrogen-bond acceptors (Lipinski definition) is 3. The second kappa shape index (κ2) is 10.2. The summed E-state index contributed by atoms with van der Waals surface area (Å²) in [6, 6.07) is 11.8. The molecule has 0 aliphatic heterocycles. The Morgan fingerprint density at radius 3 is 2.52 bits per heavy atom. The number of guanidine groups is 1. The molecule has 27 heavy (non-hydrogen) atoms. The van der Waals surface area contributed by atoms with Crippen LogP contribution in [-0.2, 0) is 17.8 Å². The number of benzene rings is 1. The fraction of sp³-hybridized carbons (Fsp3) is 0.400. The van der Waals surface area contributed by atoms with Crippen molar-refractivity contribution in [1.82, 2.24) is 16.0 Å². The second-order valence-electron chi connectivity index (χ2n) is 7.20. The highest BCUT2D eigenvalue weighted by atomic mass is 79.9. The van der Waals surface area contributed by atoms with Crippen molar-refractivity contribution in [3.63, 3.8) is 0 Å². The van der Waals surface area contributed by atoms with Gasteiger partial charge in [-0.3, -0.25) is 4.79 Å². The molecule has 1 heterocycles. The summed E-state index contributed by atoms with van der Waals surface area (Å²) >= 11 is 3.43. The highest BCUT2D eigenvalue weighted by Crippen LogP contribution is 2.11. The van der Waals surface area contributed by atoms with Crippen LogP contribution in [0.15, 0.2) is 56.5 Å². The lowest BCUT2D eigenvalue weighted by molar-refractivity contribution is -0.121. The van der Waals surface area contributed by atoms with Crippen LogP contribution in [0.3, 0.4) is 0 Å². The molecule has 0 atom stereocenters. The first-order valence-electron chi connectivity index (χ1n) is 8.92. The SMILES string of the molecule is CC(C)(C)NC(=O)CNC(=NCc1ccc(Br)cc1)NCCc1ccco1. The maximum absolute atomic E-state index is 12.1. The van der Waals surface area contributed by atoms with E-state index in [1.165, 1.54) is 0 Å². The van der Waals surface area contributed by atoms with Crippen molar-refractivity contribution in [1.29, 1.82) is 0 Å². The van der Waals surface area contributed by atoms with E-state index < -0.39 is 0 Å². The Labute approximate surface area is 169 Å². The van der Waals surface area contributed by atoms with E-state index in [0.29, 0.717) is 19.0 Å². The molecule has 0 unspecified atom stereocenters. The Bertz CT molecular complexity index is 734. The van der Waals surface area contributed by atoms with Gasteiger partial charge in [-0.05, 0) is 50.6 Å². The normalized spacial score (nSPS) is 11.9. The molecular formula is C20H27BrN4O2. The molecule has 0 bridgehead atoms. The molecule has 0 aliphatic rings. The van der Waals surface area contributed by atoms with Crippen LogP contribution in [0.2, 0.25) is 0 Å². The molecule has 0 aliphatic carbocycles. The zero-order valence-electron chi connectivity index (χ0n) is 16.0. The number of carbonyl (C=O) groups excluding carboxylic acids is 1. The number of nitrogens with one attached hydrogen (secondary N) is 3. The van der Waals surface area contributed by atoms with Crippen LogP contribution in [0.4, 0.5) is 0 Å². The third-order valence-electron chi connectivity index (χ3n) is 3.51. The smallest absolute Gasteiger partial charge is 0.239 e. The van der Waals surface area contributed by atoms with Gasteiger partial charge in [-0.15, -0.1) is 0 Å². The van der Waals surface area contributed by atoms with E-state index in [9.17, 15) is 4.79 Å². The van der Waals surface area contributed by atoms with E-state index >= 15 is 0 Å². The number of amides is 1. The molecule has 6 nitrogen and oxygen atoms in total. The van der Waals surface area contributed by atoms with Gasteiger partial charge in [-0.1, -0.05) is 28.1 Å². The molecule has 146 valence electrons. The molecule has 1 aromatic carbocycles. The minimum absolute atomic E-state index is 0.0772. The third kappa shape index (κ3) is 8.77. The van der Waals surface area contributed by atoms with Gasteiger partial charge in [-0.25, -0.2) is 4.99 Å². The predicted molar refractivity (Wildman–Crippen MR) is 112 cm³/mol. The summed E-state index contributed by atoms with van der Waals surface area (Å²) in [5.74, 6) is 1.42. The van der Waals surface area contributed by atoms with Crippen molar-refractivity contribution >= 4 is 27.8 Å². The van der Waals surface area contributed by atoms with Gasteiger partial charge < -0.3 is 20.4 Å². The molecule has 0 saturated heterocycles. The zero-order chi connectivity index (χ0) is 19.7. The van der Waals surface area contributed by atoms with Crippen molar-refractivity contribution < 1.29 is 9.21 Å². The average molecular weight is 435 g/mol. The van der Waals surface area contributed by atoms with Crippen LogP contribution in [-0.4, -0.2) is 30.5 Å². The summed E-state index contributed by atoms with van der Waals surface area (Å²) in [5, 5.41) is 9.27. The Kier molecular flexibility index (Phi) is 7.91. The Balaban J connectivity index is 1.92. The molecule has 1 aromatic heterocycles. The standard InChI is InChI=1S/C20H27BrN4O2/c1-20(2,3)25-18(26)14-24-19(22-11-10-17-5-4-12-27-17)23-13-15-6-8-16(21)9-7-15/h4-9,12H,10-11,13-14H2,1-3H3,(H,25,26)(H2,22,23,24). The lowest BCUT2D eigenvalue weighted by atomic mass is 10.1. The number of carbonyl (C=O) groups is 1. The Morgan fingerprint density at radius 1 is 1.15 bits per heavy atom. The van der Waals surface area contributed by atoms with E-state index in [2.05, 4.69) is 36.9 Å². The zero-order valence-corrected chi connectivity index (χ0v) is 17.6. The number of furan rings is 1. The van der Waals surface area contributed by atoms with Crippen LogP contribution < -0.4 is 16.0 Å². The number of rotatable bonds is 7. The molecular weight excluding hydrogens is 408 g/mol. The second-order valence-corrected chi connectivity index (χ2v) is 8.11. The van der Waals surface area contributed by atoms with Gasteiger partial charge in [0, 0.05) is 23.0 Å². The monoisotopic (exact) mass is 434 g/mol. The van der Waals surface area contributed by atoms with Crippen LogP contribution >= 0.6 is 15.9 Å². The molecule has 7 heteroatoms. The lowest BCUT2D eigenvalue weighted by Crippen LogP contribution is -2.48. The lowest BCUT2D eigenvalue weighted by Gasteiger charge is -2.21. The van der Waals surface area contributed by atoms with E-state index in [4.69, 9.17) is 4.42 Å². The van der Waals surface area contributed by atoms with Crippen molar-refractivity contribution in [2.45, 2.75) is 39.3 Å². The van der Waals surface area contributed by atoms with Crippen LogP contribution in [0.5, 0.6) is 0 Å². The van der Waals surface area contributed by atoms with Crippen molar-refractivity contribution in [3.05, 3.63) is 58.5 Å². The number of aliphatic imine (C=N–C) groups is 1. The molecule has 0 fully saturated rings. The maximum Gasteiger partial charge on any atom is 0.239 e. The highest BCUT2D eigenvalue weighted by Gasteiger charge is 2.13. The van der Waals surface area contributed by atoms with Crippen molar-refractivity contribution in [2.75, 3.05) is 13.1 Å². The number of hydrogen-bond donors (Lipinski definition) is 3. The largest absolute Gasteiger partial charge is 0.469 e. The van der Waals surface area contributed by atoms with Gasteiger partial charge in [0.2, 0.25) is 5.91 Å². The summed E-state index contributed by atoms with van der Waals surface area (Å²) in [6.07, 6.45) is 2.40. The molecule has 0 saturated carbocycles. The highest BCUT2D eigenvalue weighted by molar-refractivity contribution is 9.10. The summed E-state index contributed by atoms with van der Waals surface area (Å²) in [6.45, 7) is 7.19. The summed E-state index contributed by atoms with van der Waals surface area (Å²) in [4.78, 5) is 16.6. The molecule has 2 rings (SSSR count). The third-order valence-corrected chi connectivity index (χ3v) is 4.04. The molecule has 2 aromatic rings. The topological polar surface area (TPSA) is 78.7 Å². The fourth-order valence-electron chi connectivity index (χ4n) is 2.32. The fourth-order valence-corrected chi connectivity index (χ4v) is 2.58. The Hall–Kier alpha value is -2.28. The van der Waals surface area contributed by atoms with E-state index in [-0.39, 0.29) is 18.0 Å². The van der Waals surface area contributed by atoms with Crippen molar-refractivity contribution in [3.8, 4) is 0 Å². The minimum Gasteiger partial charge on any atom is -0.469 e. The number of halogens is 1. The van der Waals surface area contributed by atoms with Gasteiger partial charge in [0.15, 0.2) is 5.96 Å². The molecule has 3 N–H and O–H groups in total. The molecule has 0 radical (unpaired) electrons. The predicted octanol–water partition coefficient (Wildman–Crippen LogP) is 3.23. The quantitative estimate of drug-likeness (QED) is 0.461. The van der Waals surface area contributed by atoms with Crippen LogP contribution in [0, 0.1) is 0 Å². The van der Waals surface area contributed by atoms with Gasteiger partial charge >= 0.3 is 0 Å². The van der Waals surface area contributed by atoms with Crippen LogP contribution in [0.25, 0.3) is 0 Å². The van der Waals surface area contributed by atoms with Crippen molar-refractivity contribution in [2.24, 2.45) is 4.99 Å². The molecule has 1 amide bonds. The maximum atomic E-state index is 12.1. The number of nitrogens with zero attached hydrogens (tertiary/aromatic N) is 1. The summed E-state index contributed by atoms with van der Waals surface area (Å²) in [7, 11) is 0. The van der Waals surface area contributed by atoms with Gasteiger partial charge in [0.05, 0.1) is 19.4 Å². The molecule has 0 spiro atoms. The minimum atomic E-state index is -0.264. The van der Waals surface area contributed by atoms with E-state index in [1.807, 2.05) is 57.2 Å². The first kappa shape index (κ1) is 21.0. The van der Waals surface area contributed by atoms with E-state index in [1.54, 1.807) is 6.26 Å². The average Bonchev–Trinajstić information content (AvgIpc) is 3.10. The van der Waals surface area contributed by atoms with Gasteiger partial charge in [-0.2, -0.15) is 0 Å². The Morgan fingerprint density at radius 2 is 1.89 bits per heavy atom. The van der Waals surface area contributed by atoms with Gasteiger partial charge in [0.25, 0.3) is 0 Å². The van der Waals surface area contributed by atoms with Gasteiger partial charge in [0.1, 0.15) is 5.76 Å². The van der Waals surface area contributed by atoms with Crippen LogP contribution in [0.1, 0.15) is 32.1 Å². The summed E-state index contributed by atoms with van der Waals surface area (Å²) in [5.41, 5.74) is 0.824. The summed E-state index contributed by atoms with van der Waals surface area (Å²) < 4.78 is 6.37.